The molecule has 3 rings (SSSR count). The van der Waals surface area contributed by atoms with Crippen LogP contribution in [0.1, 0.15) is 22.8 Å². The molecule has 1 saturated heterocycles. The number of aromatic nitrogens is 1. The monoisotopic (exact) mass is 327 g/mol. The second kappa shape index (κ2) is 6.88. The number of hydrogen-bond acceptors (Lipinski definition) is 4. The Balaban J connectivity index is 1.71. The van der Waals surface area contributed by atoms with E-state index in [4.69, 9.17) is 4.74 Å². The van der Waals surface area contributed by atoms with Crippen LogP contribution in [0.15, 0.2) is 41.3 Å². The van der Waals surface area contributed by atoms with Crippen molar-refractivity contribution in [3.05, 3.63) is 58.0 Å². The van der Waals surface area contributed by atoms with Gasteiger partial charge in [0.05, 0.1) is 18.8 Å². The Morgan fingerprint density at radius 1 is 1.33 bits per heavy atom. The average molecular weight is 327 g/mol. The predicted octanol–water partition coefficient (Wildman–Crippen LogP) is 2.16. The molecule has 0 radical (unpaired) electrons. The highest BCUT2D eigenvalue weighted by molar-refractivity contribution is 6.05. The van der Waals surface area contributed by atoms with Crippen molar-refractivity contribution >= 4 is 17.3 Å². The van der Waals surface area contributed by atoms with Gasteiger partial charge in [-0.15, -0.1) is 0 Å². The van der Waals surface area contributed by atoms with Gasteiger partial charge in [-0.2, -0.15) is 0 Å². The largest absolute Gasteiger partial charge is 0.377 e. The first-order valence-electron chi connectivity index (χ1n) is 8.00. The summed E-state index contributed by atoms with van der Waals surface area (Å²) in [5.74, 6) is -0.240. The molecule has 6 heteroatoms. The lowest BCUT2D eigenvalue weighted by Crippen LogP contribution is -2.43. The number of H-pyrrole nitrogens is 1. The number of ether oxygens (including phenoxy) is 1. The van der Waals surface area contributed by atoms with Gasteiger partial charge in [-0.3, -0.25) is 9.59 Å². The molecule has 0 aliphatic carbocycles. The fourth-order valence-electron chi connectivity index (χ4n) is 2.86. The minimum absolute atomic E-state index is 0.215. The van der Waals surface area contributed by atoms with E-state index in [-0.39, 0.29) is 11.5 Å². The third-order valence-electron chi connectivity index (χ3n) is 4.20. The van der Waals surface area contributed by atoms with Crippen molar-refractivity contribution in [2.45, 2.75) is 19.9 Å². The lowest BCUT2D eigenvalue weighted by Gasteiger charge is -2.35. The minimum Gasteiger partial charge on any atom is -0.377 e. The van der Waals surface area contributed by atoms with Crippen LogP contribution in [0.5, 0.6) is 0 Å². The van der Waals surface area contributed by atoms with Gasteiger partial charge in [0.1, 0.15) is 0 Å². The molecule has 1 unspecified atom stereocenters. The highest BCUT2D eigenvalue weighted by Gasteiger charge is 2.19. The summed E-state index contributed by atoms with van der Waals surface area (Å²) in [4.78, 5) is 28.4. The van der Waals surface area contributed by atoms with E-state index in [2.05, 4.69) is 22.1 Å². The van der Waals surface area contributed by atoms with Crippen LogP contribution in [-0.4, -0.2) is 36.7 Å². The molecular formula is C18H21N3O3. The number of benzene rings is 1. The Morgan fingerprint density at radius 3 is 2.75 bits per heavy atom. The van der Waals surface area contributed by atoms with Gasteiger partial charge in [0.15, 0.2) is 0 Å². The van der Waals surface area contributed by atoms with E-state index in [9.17, 15) is 9.59 Å². The minimum atomic E-state index is -0.240. The molecule has 0 bridgehead atoms. The van der Waals surface area contributed by atoms with Crippen LogP contribution in [0.4, 0.5) is 11.4 Å². The number of amides is 1. The van der Waals surface area contributed by atoms with Crippen molar-refractivity contribution in [1.29, 1.82) is 0 Å². The van der Waals surface area contributed by atoms with Crippen LogP contribution in [0.3, 0.4) is 0 Å². The standard InChI is InChI=1S/C18H21N3O3/c1-12-9-17(22)19-10-16(12)18(23)20-14-3-5-15(6-4-14)21-7-8-24-11-13(21)2/h3-6,9-10,13H,7-8,11H2,1-2H3,(H,19,22)(H,20,23). The Hall–Kier alpha value is -2.60. The van der Waals surface area contributed by atoms with Gasteiger partial charge in [-0.05, 0) is 43.7 Å². The van der Waals surface area contributed by atoms with Crippen LogP contribution in [0, 0.1) is 6.92 Å². The lowest BCUT2D eigenvalue weighted by atomic mass is 10.1. The fraction of sp³-hybridized carbons (Fsp3) is 0.333. The summed E-state index contributed by atoms with van der Waals surface area (Å²) >= 11 is 0. The van der Waals surface area contributed by atoms with Crippen LogP contribution in [0.2, 0.25) is 0 Å². The van der Waals surface area contributed by atoms with Gasteiger partial charge >= 0.3 is 0 Å². The van der Waals surface area contributed by atoms with Gasteiger partial charge in [-0.1, -0.05) is 0 Å². The topological polar surface area (TPSA) is 74.4 Å². The Labute approximate surface area is 140 Å². The first kappa shape index (κ1) is 16.3. The van der Waals surface area contributed by atoms with Gasteiger partial charge in [0.25, 0.3) is 5.91 Å². The summed E-state index contributed by atoms with van der Waals surface area (Å²) in [6.07, 6.45) is 1.44. The second-order valence-electron chi connectivity index (χ2n) is 6.01. The number of rotatable bonds is 3. The Morgan fingerprint density at radius 2 is 2.08 bits per heavy atom. The normalized spacial score (nSPS) is 17.6. The van der Waals surface area contributed by atoms with E-state index in [1.807, 2.05) is 24.3 Å². The van der Waals surface area contributed by atoms with E-state index >= 15 is 0 Å². The molecule has 2 heterocycles. The zero-order valence-corrected chi connectivity index (χ0v) is 13.8. The van der Waals surface area contributed by atoms with Crippen LogP contribution >= 0.6 is 0 Å². The van der Waals surface area contributed by atoms with E-state index in [1.54, 1.807) is 6.92 Å². The zero-order valence-electron chi connectivity index (χ0n) is 13.8. The molecule has 1 aliphatic rings. The number of pyridine rings is 1. The smallest absolute Gasteiger partial charge is 0.257 e. The summed E-state index contributed by atoms with van der Waals surface area (Å²) in [6.45, 7) is 6.20. The number of aryl methyl sites for hydroxylation is 1. The maximum atomic E-state index is 12.3. The lowest BCUT2D eigenvalue weighted by molar-refractivity contribution is 0.0989. The highest BCUT2D eigenvalue weighted by Crippen LogP contribution is 2.22. The first-order valence-corrected chi connectivity index (χ1v) is 8.00. The molecule has 1 aromatic carbocycles. The van der Waals surface area contributed by atoms with Crippen molar-refractivity contribution in [2.75, 3.05) is 30.0 Å². The van der Waals surface area contributed by atoms with Crippen LogP contribution < -0.4 is 15.8 Å². The average Bonchev–Trinajstić information content (AvgIpc) is 2.56. The Kier molecular flexibility index (Phi) is 4.66. The fourth-order valence-corrected chi connectivity index (χ4v) is 2.86. The van der Waals surface area contributed by atoms with Crippen molar-refractivity contribution in [1.82, 2.24) is 4.98 Å². The van der Waals surface area contributed by atoms with Gasteiger partial charge < -0.3 is 19.9 Å². The highest BCUT2D eigenvalue weighted by atomic mass is 16.5. The molecular weight excluding hydrogens is 306 g/mol. The van der Waals surface area contributed by atoms with Crippen LogP contribution in [0.25, 0.3) is 0 Å². The van der Waals surface area contributed by atoms with E-state index in [0.717, 1.165) is 31.1 Å². The summed E-state index contributed by atoms with van der Waals surface area (Å²) < 4.78 is 5.45. The van der Waals surface area contributed by atoms with E-state index in [1.165, 1.54) is 12.3 Å². The quantitative estimate of drug-likeness (QED) is 0.906. The van der Waals surface area contributed by atoms with Crippen molar-refractivity contribution < 1.29 is 9.53 Å². The second-order valence-corrected chi connectivity index (χ2v) is 6.01. The molecule has 6 nitrogen and oxygen atoms in total. The molecule has 2 N–H and O–H groups in total. The number of nitrogens with one attached hydrogen (secondary N) is 2. The predicted molar refractivity (Wildman–Crippen MR) is 93.8 cm³/mol. The number of carbonyl (C=O) groups is 1. The molecule has 1 aromatic heterocycles. The maximum absolute atomic E-state index is 12.3. The number of anilines is 2. The molecule has 2 aromatic rings. The van der Waals surface area contributed by atoms with Crippen molar-refractivity contribution in [3.63, 3.8) is 0 Å². The van der Waals surface area contributed by atoms with E-state index < -0.39 is 0 Å². The summed E-state index contributed by atoms with van der Waals surface area (Å²) in [7, 11) is 0. The number of carbonyl (C=O) groups excluding carboxylic acids is 1. The molecule has 1 fully saturated rings. The maximum Gasteiger partial charge on any atom is 0.257 e. The third kappa shape index (κ3) is 3.49. The first-order chi connectivity index (χ1) is 11.5. The van der Waals surface area contributed by atoms with Gasteiger partial charge in [0.2, 0.25) is 5.56 Å². The molecule has 0 spiro atoms. The number of hydrogen-bond donors (Lipinski definition) is 2. The molecule has 126 valence electrons. The number of morpholine rings is 1. The molecule has 1 atom stereocenters. The molecule has 24 heavy (non-hydrogen) atoms. The summed E-state index contributed by atoms with van der Waals surface area (Å²) in [6, 6.07) is 9.52. The number of aromatic amines is 1. The van der Waals surface area contributed by atoms with Gasteiger partial charge in [0, 0.05) is 36.2 Å². The molecule has 1 amide bonds. The van der Waals surface area contributed by atoms with Crippen molar-refractivity contribution in [2.24, 2.45) is 0 Å². The summed E-state index contributed by atoms with van der Waals surface area (Å²) in [5, 5.41) is 2.86. The number of nitrogens with zero attached hydrogens (tertiary/aromatic N) is 1. The van der Waals surface area contributed by atoms with Crippen molar-refractivity contribution in [3.8, 4) is 0 Å². The SMILES string of the molecule is Cc1cc(=O)[nH]cc1C(=O)Nc1ccc(N2CCOCC2C)cc1. The molecule has 1 aliphatic heterocycles. The third-order valence-corrected chi connectivity index (χ3v) is 4.20. The van der Waals surface area contributed by atoms with Gasteiger partial charge in [-0.25, -0.2) is 0 Å². The van der Waals surface area contributed by atoms with E-state index in [0.29, 0.717) is 17.2 Å². The summed E-state index contributed by atoms with van der Waals surface area (Å²) in [5.41, 5.74) is 2.72. The Bertz CT molecular complexity index is 783. The zero-order chi connectivity index (χ0) is 17.1. The van der Waals surface area contributed by atoms with Crippen LogP contribution in [-0.2, 0) is 4.74 Å². The molecule has 0 saturated carbocycles.